The SMILES string of the molecule is CCN1C(=O)/C(=C\c2cc(Br)c(OCc3ccc(Cl)cc3Cl)c(Br)c2)SC1=Nc1ccc(F)cc1. The summed E-state index contributed by atoms with van der Waals surface area (Å²) in [6.45, 7) is 2.61. The maximum absolute atomic E-state index is 13.2. The lowest BCUT2D eigenvalue weighted by molar-refractivity contribution is -0.122. The van der Waals surface area contributed by atoms with Crippen LogP contribution in [-0.4, -0.2) is 22.5 Å². The van der Waals surface area contributed by atoms with Crippen LogP contribution in [0.15, 0.2) is 73.4 Å². The smallest absolute Gasteiger partial charge is 0.266 e. The molecule has 0 spiro atoms. The van der Waals surface area contributed by atoms with Crippen molar-refractivity contribution in [1.29, 1.82) is 0 Å². The van der Waals surface area contributed by atoms with Crippen LogP contribution >= 0.6 is 66.8 Å². The Kier molecular flexibility index (Phi) is 8.60. The fraction of sp³-hybridized carbons (Fsp3) is 0.120. The second kappa shape index (κ2) is 11.5. The van der Waals surface area contributed by atoms with Crippen molar-refractivity contribution in [3.63, 3.8) is 0 Å². The summed E-state index contributed by atoms with van der Waals surface area (Å²) in [6, 6.07) is 14.8. The van der Waals surface area contributed by atoms with Gasteiger partial charge in [0.15, 0.2) is 5.17 Å². The number of ether oxygens (including phenoxy) is 1. The minimum absolute atomic E-state index is 0.136. The molecule has 1 heterocycles. The van der Waals surface area contributed by atoms with E-state index < -0.39 is 0 Å². The summed E-state index contributed by atoms with van der Waals surface area (Å²) in [6.07, 6.45) is 1.80. The highest BCUT2D eigenvalue weighted by Gasteiger charge is 2.32. The van der Waals surface area contributed by atoms with Crippen molar-refractivity contribution in [3.05, 3.63) is 95.4 Å². The first-order valence-electron chi connectivity index (χ1n) is 10.4. The zero-order valence-electron chi connectivity index (χ0n) is 18.2. The molecule has 0 bridgehead atoms. The molecule has 3 aromatic rings. The van der Waals surface area contributed by atoms with E-state index in [-0.39, 0.29) is 18.3 Å². The average Bonchev–Trinajstić information content (AvgIpc) is 3.09. The summed E-state index contributed by atoms with van der Waals surface area (Å²) in [5.74, 6) is 0.137. The number of benzene rings is 3. The molecule has 4 rings (SSSR count). The van der Waals surface area contributed by atoms with Crippen molar-refractivity contribution in [3.8, 4) is 5.75 Å². The molecule has 1 saturated heterocycles. The van der Waals surface area contributed by atoms with E-state index in [1.165, 1.54) is 23.9 Å². The molecule has 1 aliphatic rings. The van der Waals surface area contributed by atoms with Gasteiger partial charge in [0, 0.05) is 22.2 Å². The van der Waals surface area contributed by atoms with Crippen molar-refractivity contribution in [2.24, 2.45) is 4.99 Å². The number of amides is 1. The van der Waals surface area contributed by atoms with Crippen molar-refractivity contribution < 1.29 is 13.9 Å². The fourth-order valence-corrected chi connectivity index (χ4v) is 6.21. The number of halogens is 5. The summed E-state index contributed by atoms with van der Waals surface area (Å²) < 4.78 is 20.6. The lowest BCUT2D eigenvalue weighted by Crippen LogP contribution is -2.28. The molecule has 1 fully saturated rings. The highest BCUT2D eigenvalue weighted by molar-refractivity contribution is 9.11. The molecule has 0 atom stereocenters. The second-order valence-corrected chi connectivity index (χ2v) is 10.9. The highest BCUT2D eigenvalue weighted by Crippen LogP contribution is 2.39. The zero-order valence-corrected chi connectivity index (χ0v) is 23.7. The topological polar surface area (TPSA) is 41.9 Å². The van der Waals surface area contributed by atoms with E-state index in [0.717, 1.165) is 11.1 Å². The third-order valence-corrected chi connectivity index (χ3v) is 7.73. The lowest BCUT2D eigenvalue weighted by atomic mass is 10.2. The number of likely N-dealkylation sites (N-methyl/N-ethyl adjacent to an activating group) is 1. The van der Waals surface area contributed by atoms with Gasteiger partial charge in [0.25, 0.3) is 5.91 Å². The summed E-state index contributed by atoms with van der Waals surface area (Å²) in [7, 11) is 0. The zero-order chi connectivity index (χ0) is 25.1. The molecule has 0 radical (unpaired) electrons. The molecular formula is C25H17Br2Cl2FN2O2S. The minimum atomic E-state index is -0.336. The van der Waals surface area contributed by atoms with Gasteiger partial charge in [-0.3, -0.25) is 9.69 Å². The number of carbonyl (C=O) groups excluding carboxylic acids is 1. The second-order valence-electron chi connectivity index (χ2n) is 7.37. The van der Waals surface area contributed by atoms with E-state index >= 15 is 0 Å². The molecule has 0 aromatic heterocycles. The molecule has 4 nitrogen and oxygen atoms in total. The molecule has 0 N–H and O–H groups in total. The van der Waals surface area contributed by atoms with Crippen molar-refractivity contribution in [1.82, 2.24) is 4.90 Å². The molecule has 0 unspecified atom stereocenters. The summed E-state index contributed by atoms with van der Waals surface area (Å²) in [5.41, 5.74) is 2.19. The van der Waals surface area contributed by atoms with Gasteiger partial charge in [0.1, 0.15) is 18.2 Å². The Morgan fingerprint density at radius 3 is 2.40 bits per heavy atom. The number of rotatable bonds is 6. The van der Waals surface area contributed by atoms with Gasteiger partial charge in [0.2, 0.25) is 0 Å². The maximum atomic E-state index is 13.2. The third kappa shape index (κ3) is 6.30. The minimum Gasteiger partial charge on any atom is -0.486 e. The lowest BCUT2D eigenvalue weighted by Gasteiger charge is -2.13. The van der Waals surface area contributed by atoms with Crippen LogP contribution in [0.25, 0.3) is 6.08 Å². The van der Waals surface area contributed by atoms with Crippen molar-refractivity contribution in [2.45, 2.75) is 13.5 Å². The van der Waals surface area contributed by atoms with Gasteiger partial charge in [-0.05, 0) is 111 Å². The fourth-order valence-electron chi connectivity index (χ4n) is 3.24. The molecule has 180 valence electrons. The predicted molar refractivity (Wildman–Crippen MR) is 149 cm³/mol. The Balaban J connectivity index is 1.55. The number of thioether (sulfide) groups is 1. The van der Waals surface area contributed by atoms with Crippen molar-refractivity contribution in [2.75, 3.05) is 6.54 Å². The number of aliphatic imine (C=N–C) groups is 1. The normalized spacial score (nSPS) is 15.9. The number of hydrogen-bond acceptors (Lipinski definition) is 4. The van der Waals surface area contributed by atoms with Crippen LogP contribution in [-0.2, 0) is 11.4 Å². The largest absolute Gasteiger partial charge is 0.486 e. The van der Waals surface area contributed by atoms with Gasteiger partial charge < -0.3 is 4.74 Å². The summed E-state index contributed by atoms with van der Waals surface area (Å²) in [4.78, 5) is 19.6. The molecule has 0 aliphatic carbocycles. The van der Waals surface area contributed by atoms with Crippen LogP contribution in [0.3, 0.4) is 0 Å². The summed E-state index contributed by atoms with van der Waals surface area (Å²) in [5, 5.41) is 1.64. The van der Waals surface area contributed by atoms with E-state index in [2.05, 4.69) is 36.9 Å². The summed E-state index contributed by atoms with van der Waals surface area (Å²) >= 11 is 20.6. The standard InChI is InChI=1S/C25H17Br2Cl2FN2O2S/c1-2-32-24(33)22(35-25(32)31-18-7-5-17(30)6-8-18)11-14-9-19(26)23(20(27)10-14)34-13-15-3-4-16(28)12-21(15)29/h3-12H,2,13H2,1H3/b22-11+,31-25?. The van der Waals surface area contributed by atoms with Gasteiger partial charge >= 0.3 is 0 Å². The molecule has 3 aromatic carbocycles. The van der Waals surface area contributed by atoms with Crippen LogP contribution in [0, 0.1) is 5.82 Å². The van der Waals surface area contributed by atoms with E-state index in [1.54, 1.807) is 35.2 Å². The highest BCUT2D eigenvalue weighted by atomic mass is 79.9. The Bertz CT molecular complexity index is 1330. The van der Waals surface area contributed by atoms with E-state index in [9.17, 15) is 9.18 Å². The first-order valence-corrected chi connectivity index (χ1v) is 13.5. The van der Waals surface area contributed by atoms with E-state index in [1.807, 2.05) is 25.1 Å². The molecule has 0 saturated carbocycles. The van der Waals surface area contributed by atoms with Gasteiger partial charge in [-0.1, -0.05) is 29.3 Å². The van der Waals surface area contributed by atoms with Gasteiger partial charge in [0.05, 0.1) is 19.5 Å². The maximum Gasteiger partial charge on any atom is 0.266 e. The Labute approximate surface area is 233 Å². The Morgan fingerprint density at radius 2 is 1.77 bits per heavy atom. The van der Waals surface area contributed by atoms with Gasteiger partial charge in [-0.15, -0.1) is 0 Å². The van der Waals surface area contributed by atoms with Crippen LogP contribution in [0.5, 0.6) is 5.75 Å². The number of amidine groups is 1. The number of hydrogen-bond donors (Lipinski definition) is 0. The van der Waals surface area contributed by atoms with E-state index in [0.29, 0.717) is 47.0 Å². The monoisotopic (exact) mass is 656 g/mol. The first-order chi connectivity index (χ1) is 16.7. The quantitative estimate of drug-likeness (QED) is 0.249. The third-order valence-electron chi connectivity index (χ3n) is 4.96. The molecular weight excluding hydrogens is 642 g/mol. The van der Waals surface area contributed by atoms with Crippen LogP contribution in [0.4, 0.5) is 10.1 Å². The number of nitrogens with zero attached hydrogens (tertiary/aromatic N) is 2. The Hall–Kier alpha value is -1.84. The molecule has 1 amide bonds. The molecule has 10 heteroatoms. The van der Waals surface area contributed by atoms with Crippen LogP contribution in [0.1, 0.15) is 18.1 Å². The van der Waals surface area contributed by atoms with Crippen LogP contribution in [0.2, 0.25) is 10.0 Å². The Morgan fingerprint density at radius 1 is 1.09 bits per heavy atom. The van der Waals surface area contributed by atoms with Crippen LogP contribution < -0.4 is 4.74 Å². The predicted octanol–water partition coefficient (Wildman–Crippen LogP) is 8.86. The van der Waals surface area contributed by atoms with Gasteiger partial charge in [-0.2, -0.15) is 0 Å². The number of carbonyl (C=O) groups is 1. The van der Waals surface area contributed by atoms with E-state index in [4.69, 9.17) is 27.9 Å². The van der Waals surface area contributed by atoms with Crippen molar-refractivity contribution >= 4 is 89.7 Å². The molecule has 1 aliphatic heterocycles. The van der Waals surface area contributed by atoms with Gasteiger partial charge in [-0.25, -0.2) is 9.38 Å². The average molecular weight is 659 g/mol. The first kappa shape index (κ1) is 26.2. The molecule has 35 heavy (non-hydrogen) atoms.